The van der Waals surface area contributed by atoms with Crippen LogP contribution in [0.15, 0.2) is 48.7 Å². The van der Waals surface area contributed by atoms with E-state index in [1.165, 1.54) is 22.5 Å². The second-order valence-electron chi connectivity index (χ2n) is 6.16. The van der Waals surface area contributed by atoms with Gasteiger partial charge in [-0.15, -0.1) is 0 Å². The van der Waals surface area contributed by atoms with Crippen LogP contribution in [-0.2, 0) is 20.0 Å². The van der Waals surface area contributed by atoms with Crippen molar-refractivity contribution in [1.29, 1.82) is 0 Å². The van der Waals surface area contributed by atoms with E-state index >= 15 is 0 Å². The van der Waals surface area contributed by atoms with E-state index in [1.54, 1.807) is 0 Å². The molecule has 3 nitrogen and oxygen atoms in total. The molecule has 3 aromatic rings. The molecular weight excluding hydrogens is 294 g/mol. The number of nitrogens with zero attached hydrogens (tertiary/aromatic N) is 3. The smallest absolute Gasteiger partial charge is 0.157 e. The Labute approximate surface area is 144 Å². The number of aromatic nitrogens is 3. The minimum absolute atomic E-state index is 0.850. The van der Waals surface area contributed by atoms with Crippen LogP contribution in [0.2, 0.25) is 0 Å². The van der Waals surface area contributed by atoms with E-state index in [-0.39, 0.29) is 0 Å². The summed E-state index contributed by atoms with van der Waals surface area (Å²) in [6, 6.07) is 12.8. The highest BCUT2D eigenvalue weighted by Gasteiger charge is 2.16. The van der Waals surface area contributed by atoms with Gasteiger partial charge in [-0.05, 0) is 43.5 Å². The molecule has 124 valence electrons. The normalized spacial score (nSPS) is 11.5. The summed E-state index contributed by atoms with van der Waals surface area (Å²) in [5.74, 6) is 1.04. The molecule has 3 rings (SSSR count). The molecule has 0 saturated heterocycles. The summed E-state index contributed by atoms with van der Waals surface area (Å²) >= 11 is 0. The highest BCUT2D eigenvalue weighted by Crippen LogP contribution is 2.26. The van der Waals surface area contributed by atoms with Crippen LogP contribution in [0.1, 0.15) is 36.4 Å². The summed E-state index contributed by atoms with van der Waals surface area (Å²) in [5.41, 5.74) is 6.24. The first-order valence-corrected chi connectivity index (χ1v) is 8.53. The number of hydrogen-bond acceptors (Lipinski definition) is 1. The Kier molecular flexibility index (Phi) is 4.70. The minimum atomic E-state index is 0.850. The molecule has 0 spiro atoms. The summed E-state index contributed by atoms with van der Waals surface area (Å²) in [6.07, 6.45) is 7.23. The van der Waals surface area contributed by atoms with Gasteiger partial charge in [-0.1, -0.05) is 43.3 Å². The molecule has 0 aliphatic heterocycles. The second kappa shape index (κ2) is 6.91. The van der Waals surface area contributed by atoms with Gasteiger partial charge in [0.05, 0.1) is 5.69 Å². The molecule has 0 unspecified atom stereocenters. The van der Waals surface area contributed by atoms with Gasteiger partial charge in [-0.25, -0.2) is 4.98 Å². The van der Waals surface area contributed by atoms with Crippen molar-refractivity contribution in [3.63, 3.8) is 0 Å². The molecule has 0 amide bonds. The Morgan fingerprint density at radius 1 is 1.17 bits per heavy atom. The van der Waals surface area contributed by atoms with Crippen molar-refractivity contribution >= 4 is 6.08 Å². The Morgan fingerprint density at radius 3 is 2.58 bits per heavy atom. The van der Waals surface area contributed by atoms with E-state index in [0.717, 1.165) is 24.5 Å². The minimum Gasteiger partial charge on any atom is -0.341 e. The maximum atomic E-state index is 4.75. The van der Waals surface area contributed by atoms with Crippen LogP contribution in [0, 0.1) is 6.92 Å². The number of imidazole rings is 1. The zero-order valence-electron chi connectivity index (χ0n) is 15.0. The van der Waals surface area contributed by atoms with Crippen molar-refractivity contribution in [3.8, 4) is 11.5 Å². The van der Waals surface area contributed by atoms with Gasteiger partial charge in [0, 0.05) is 31.2 Å². The molecule has 0 saturated carbocycles. The molecule has 0 fully saturated rings. The Morgan fingerprint density at radius 2 is 1.92 bits per heavy atom. The fourth-order valence-corrected chi connectivity index (χ4v) is 3.23. The standard InChI is InChI=1S/C21H25N3/c1-5-10-19-16(3)13-20(23(19)4)21-22-14-18(6-2)24(21)15-17-11-8-7-9-12-17/h5,7-14H,6,15H2,1-4H3/b10-5-. The molecule has 0 bridgehead atoms. The Bertz CT molecular complexity index is 851. The van der Waals surface area contributed by atoms with Gasteiger partial charge in [-0.2, -0.15) is 0 Å². The van der Waals surface area contributed by atoms with Gasteiger partial charge in [0.2, 0.25) is 0 Å². The molecule has 1 aromatic carbocycles. The highest BCUT2D eigenvalue weighted by molar-refractivity contribution is 5.62. The molecular formula is C21H25N3. The lowest BCUT2D eigenvalue weighted by atomic mass is 10.2. The summed E-state index contributed by atoms with van der Waals surface area (Å²) in [7, 11) is 2.12. The summed E-state index contributed by atoms with van der Waals surface area (Å²) in [6.45, 7) is 7.24. The highest BCUT2D eigenvalue weighted by atomic mass is 15.1. The lowest BCUT2D eigenvalue weighted by Gasteiger charge is -2.12. The number of aryl methyl sites for hydroxylation is 2. The van der Waals surface area contributed by atoms with Gasteiger partial charge in [-0.3, -0.25) is 0 Å². The molecule has 3 heteroatoms. The average Bonchev–Trinajstić information content (AvgIpc) is 3.11. The molecule has 0 N–H and O–H groups in total. The third-order valence-electron chi connectivity index (χ3n) is 4.52. The monoisotopic (exact) mass is 319 g/mol. The number of allylic oxidation sites excluding steroid dienone is 1. The molecule has 2 heterocycles. The van der Waals surface area contributed by atoms with E-state index < -0.39 is 0 Å². The topological polar surface area (TPSA) is 22.8 Å². The number of hydrogen-bond donors (Lipinski definition) is 0. The average molecular weight is 319 g/mol. The second-order valence-corrected chi connectivity index (χ2v) is 6.16. The van der Waals surface area contributed by atoms with E-state index in [4.69, 9.17) is 4.98 Å². The van der Waals surface area contributed by atoms with Crippen molar-refractivity contribution in [2.45, 2.75) is 33.7 Å². The van der Waals surface area contributed by atoms with Crippen LogP contribution < -0.4 is 0 Å². The van der Waals surface area contributed by atoms with Gasteiger partial charge in [0.15, 0.2) is 5.82 Å². The molecule has 0 aliphatic carbocycles. The Hall–Kier alpha value is -2.55. The third-order valence-corrected chi connectivity index (χ3v) is 4.52. The molecule has 0 aliphatic rings. The molecule has 0 atom stereocenters. The van der Waals surface area contributed by atoms with Crippen LogP contribution in [0.25, 0.3) is 17.6 Å². The van der Waals surface area contributed by atoms with Crippen LogP contribution in [0.3, 0.4) is 0 Å². The van der Waals surface area contributed by atoms with Crippen molar-refractivity contribution < 1.29 is 0 Å². The maximum Gasteiger partial charge on any atom is 0.157 e. The number of rotatable bonds is 5. The molecule has 2 aromatic heterocycles. The van der Waals surface area contributed by atoms with E-state index in [0.29, 0.717) is 0 Å². The van der Waals surface area contributed by atoms with Crippen molar-refractivity contribution in [3.05, 3.63) is 71.2 Å². The lowest BCUT2D eigenvalue weighted by Crippen LogP contribution is -2.07. The van der Waals surface area contributed by atoms with Crippen LogP contribution >= 0.6 is 0 Å². The molecule has 24 heavy (non-hydrogen) atoms. The summed E-state index contributed by atoms with van der Waals surface area (Å²) < 4.78 is 4.57. The largest absolute Gasteiger partial charge is 0.341 e. The lowest BCUT2D eigenvalue weighted by molar-refractivity contribution is 0.746. The van der Waals surface area contributed by atoms with Gasteiger partial charge in [0.1, 0.15) is 0 Å². The van der Waals surface area contributed by atoms with Crippen LogP contribution in [0.4, 0.5) is 0 Å². The maximum absolute atomic E-state index is 4.75. The van der Waals surface area contributed by atoms with Gasteiger partial charge < -0.3 is 9.13 Å². The third kappa shape index (κ3) is 2.94. The fourth-order valence-electron chi connectivity index (χ4n) is 3.23. The first-order chi connectivity index (χ1) is 11.7. The summed E-state index contributed by atoms with van der Waals surface area (Å²) in [4.78, 5) is 4.75. The van der Waals surface area contributed by atoms with Crippen molar-refractivity contribution in [1.82, 2.24) is 14.1 Å². The fraction of sp³-hybridized carbons (Fsp3) is 0.286. The quantitative estimate of drug-likeness (QED) is 0.660. The SMILES string of the molecule is C/C=C\c1c(C)cc(-c2ncc(CC)n2Cc2ccccc2)n1C. The molecule has 0 radical (unpaired) electrons. The zero-order valence-corrected chi connectivity index (χ0v) is 15.0. The number of benzene rings is 1. The van der Waals surface area contributed by atoms with Crippen molar-refractivity contribution in [2.75, 3.05) is 0 Å². The van der Waals surface area contributed by atoms with E-state index in [1.807, 2.05) is 6.20 Å². The summed E-state index contributed by atoms with van der Waals surface area (Å²) in [5, 5.41) is 0. The predicted octanol–water partition coefficient (Wildman–Crippen LogP) is 4.84. The van der Waals surface area contributed by atoms with Gasteiger partial charge >= 0.3 is 0 Å². The first kappa shape index (κ1) is 16.3. The first-order valence-electron chi connectivity index (χ1n) is 8.53. The van der Waals surface area contributed by atoms with Crippen LogP contribution in [-0.4, -0.2) is 14.1 Å². The van der Waals surface area contributed by atoms with Crippen LogP contribution in [0.5, 0.6) is 0 Å². The zero-order chi connectivity index (χ0) is 17.1. The Balaban J connectivity index is 2.09. The van der Waals surface area contributed by atoms with Gasteiger partial charge in [0.25, 0.3) is 0 Å². The van der Waals surface area contributed by atoms with E-state index in [9.17, 15) is 0 Å². The predicted molar refractivity (Wildman–Crippen MR) is 101 cm³/mol. The van der Waals surface area contributed by atoms with E-state index in [2.05, 4.69) is 85.5 Å². The van der Waals surface area contributed by atoms with Crippen molar-refractivity contribution in [2.24, 2.45) is 7.05 Å².